The van der Waals surface area contributed by atoms with Gasteiger partial charge in [0.25, 0.3) is 0 Å². The second-order valence-electron chi connectivity index (χ2n) is 3.74. The van der Waals surface area contributed by atoms with Crippen LogP contribution in [0.15, 0.2) is 18.2 Å². The highest BCUT2D eigenvalue weighted by molar-refractivity contribution is 6.34. The highest BCUT2D eigenvalue weighted by atomic mass is 35.5. The van der Waals surface area contributed by atoms with Crippen molar-refractivity contribution < 1.29 is 0 Å². The van der Waals surface area contributed by atoms with Gasteiger partial charge in [0, 0.05) is 10.0 Å². The Hall–Kier alpha value is -0.200. The van der Waals surface area contributed by atoms with Gasteiger partial charge in [-0.3, -0.25) is 0 Å². The van der Waals surface area contributed by atoms with Gasteiger partial charge in [0.1, 0.15) is 0 Å². The molecule has 0 bridgehead atoms. The van der Waals surface area contributed by atoms with E-state index in [4.69, 9.17) is 23.2 Å². The van der Waals surface area contributed by atoms with Crippen molar-refractivity contribution in [2.45, 2.75) is 26.7 Å². The lowest BCUT2D eigenvalue weighted by Crippen LogP contribution is -2.01. The van der Waals surface area contributed by atoms with Gasteiger partial charge >= 0.3 is 0 Å². The summed E-state index contributed by atoms with van der Waals surface area (Å²) in [6.07, 6.45) is 0. The van der Waals surface area contributed by atoms with Crippen molar-refractivity contribution in [3.63, 3.8) is 0 Å². The second-order valence-corrected chi connectivity index (χ2v) is 4.61. The van der Waals surface area contributed by atoms with E-state index in [1.165, 1.54) is 5.56 Å². The quantitative estimate of drug-likeness (QED) is 0.670. The van der Waals surface area contributed by atoms with E-state index in [1.54, 1.807) is 6.07 Å². The van der Waals surface area contributed by atoms with Crippen LogP contribution in [0.25, 0.3) is 0 Å². The Morgan fingerprint density at radius 3 is 1.77 bits per heavy atom. The monoisotopic (exact) mass is 216 g/mol. The standard InChI is InChI=1S/C11H14Cl2/c1-7(2)8(3)9-4-10(12)6-11(13)5-9/h4-8H,1-3H3/t8-/m0/s1. The third kappa shape index (κ3) is 2.89. The van der Waals surface area contributed by atoms with Crippen LogP contribution < -0.4 is 0 Å². The van der Waals surface area contributed by atoms with Crippen LogP contribution in [0.4, 0.5) is 0 Å². The van der Waals surface area contributed by atoms with Crippen LogP contribution in [0.3, 0.4) is 0 Å². The molecule has 0 N–H and O–H groups in total. The van der Waals surface area contributed by atoms with Crippen LogP contribution >= 0.6 is 23.2 Å². The highest BCUT2D eigenvalue weighted by Crippen LogP contribution is 2.28. The zero-order valence-electron chi connectivity index (χ0n) is 8.14. The predicted molar refractivity (Wildman–Crippen MR) is 59.7 cm³/mol. The van der Waals surface area contributed by atoms with Gasteiger partial charge in [0.15, 0.2) is 0 Å². The normalized spacial score (nSPS) is 13.4. The van der Waals surface area contributed by atoms with Crippen molar-refractivity contribution in [2.24, 2.45) is 5.92 Å². The molecule has 13 heavy (non-hydrogen) atoms. The minimum atomic E-state index is 0.496. The van der Waals surface area contributed by atoms with Crippen molar-refractivity contribution in [3.8, 4) is 0 Å². The topological polar surface area (TPSA) is 0 Å². The molecular weight excluding hydrogens is 203 g/mol. The molecule has 1 atom stereocenters. The zero-order chi connectivity index (χ0) is 10.0. The van der Waals surface area contributed by atoms with E-state index in [2.05, 4.69) is 20.8 Å². The van der Waals surface area contributed by atoms with E-state index >= 15 is 0 Å². The Kier molecular flexibility index (Phi) is 3.63. The maximum atomic E-state index is 5.91. The van der Waals surface area contributed by atoms with Gasteiger partial charge in [-0.2, -0.15) is 0 Å². The number of benzene rings is 1. The smallest absolute Gasteiger partial charge is 0.0423 e. The Balaban J connectivity index is 3.01. The average Bonchev–Trinajstić information content (AvgIpc) is 2.01. The minimum Gasteiger partial charge on any atom is -0.0843 e. The molecular formula is C11H14Cl2. The first kappa shape index (κ1) is 10.9. The van der Waals surface area contributed by atoms with Crippen LogP contribution in [-0.4, -0.2) is 0 Å². The Bertz CT molecular complexity index is 272. The summed E-state index contributed by atoms with van der Waals surface area (Å²) in [5, 5.41) is 1.44. The summed E-state index contributed by atoms with van der Waals surface area (Å²) in [7, 11) is 0. The zero-order valence-corrected chi connectivity index (χ0v) is 9.65. The van der Waals surface area contributed by atoms with Crippen molar-refractivity contribution >= 4 is 23.2 Å². The summed E-state index contributed by atoms with van der Waals surface area (Å²) in [6.45, 7) is 6.58. The van der Waals surface area contributed by atoms with E-state index in [1.807, 2.05) is 12.1 Å². The Morgan fingerprint density at radius 1 is 0.923 bits per heavy atom. The maximum absolute atomic E-state index is 5.91. The molecule has 0 aliphatic heterocycles. The van der Waals surface area contributed by atoms with Gasteiger partial charge < -0.3 is 0 Å². The summed E-state index contributed by atoms with van der Waals surface area (Å²) in [5.41, 5.74) is 1.22. The van der Waals surface area contributed by atoms with Gasteiger partial charge in [0.05, 0.1) is 0 Å². The first-order chi connectivity index (χ1) is 6.00. The van der Waals surface area contributed by atoms with Gasteiger partial charge in [-0.1, -0.05) is 44.0 Å². The summed E-state index contributed by atoms with van der Waals surface area (Å²) in [6, 6.07) is 5.73. The van der Waals surface area contributed by atoms with Crippen molar-refractivity contribution in [2.75, 3.05) is 0 Å². The molecule has 2 heteroatoms. The van der Waals surface area contributed by atoms with E-state index in [9.17, 15) is 0 Å². The van der Waals surface area contributed by atoms with Crippen LogP contribution in [0.2, 0.25) is 10.0 Å². The summed E-state index contributed by atoms with van der Waals surface area (Å²) < 4.78 is 0. The predicted octanol–water partition coefficient (Wildman–Crippen LogP) is 4.75. The fourth-order valence-electron chi connectivity index (χ4n) is 1.22. The molecule has 0 aliphatic carbocycles. The second kappa shape index (κ2) is 4.34. The van der Waals surface area contributed by atoms with E-state index in [-0.39, 0.29) is 0 Å². The minimum absolute atomic E-state index is 0.496. The molecule has 0 aliphatic rings. The van der Waals surface area contributed by atoms with E-state index < -0.39 is 0 Å². The summed E-state index contributed by atoms with van der Waals surface area (Å²) >= 11 is 11.8. The first-order valence-corrected chi connectivity index (χ1v) is 5.22. The summed E-state index contributed by atoms with van der Waals surface area (Å²) in [4.78, 5) is 0. The van der Waals surface area contributed by atoms with Crippen LogP contribution in [0, 0.1) is 5.92 Å². The van der Waals surface area contributed by atoms with Gasteiger partial charge in [-0.15, -0.1) is 0 Å². The molecule has 1 rings (SSSR count). The third-order valence-electron chi connectivity index (χ3n) is 2.41. The molecule has 0 heterocycles. The lowest BCUT2D eigenvalue weighted by molar-refractivity contribution is 0.535. The Labute approximate surface area is 89.9 Å². The Morgan fingerprint density at radius 2 is 1.38 bits per heavy atom. The molecule has 0 fully saturated rings. The lowest BCUT2D eigenvalue weighted by Gasteiger charge is -2.16. The highest BCUT2D eigenvalue weighted by Gasteiger charge is 2.10. The fourth-order valence-corrected chi connectivity index (χ4v) is 1.77. The van der Waals surface area contributed by atoms with Crippen LogP contribution in [-0.2, 0) is 0 Å². The molecule has 1 aromatic rings. The average molecular weight is 217 g/mol. The molecule has 0 saturated heterocycles. The lowest BCUT2D eigenvalue weighted by atomic mass is 9.90. The van der Waals surface area contributed by atoms with Crippen LogP contribution in [0.5, 0.6) is 0 Å². The molecule has 72 valence electrons. The van der Waals surface area contributed by atoms with Crippen LogP contribution in [0.1, 0.15) is 32.3 Å². The van der Waals surface area contributed by atoms with Gasteiger partial charge in [0.2, 0.25) is 0 Å². The molecule has 0 nitrogen and oxygen atoms in total. The molecule has 0 radical (unpaired) electrons. The van der Waals surface area contributed by atoms with E-state index in [0.717, 1.165) is 10.0 Å². The van der Waals surface area contributed by atoms with Crippen molar-refractivity contribution in [1.29, 1.82) is 0 Å². The number of hydrogen-bond donors (Lipinski definition) is 0. The summed E-state index contributed by atoms with van der Waals surface area (Å²) in [5.74, 6) is 1.10. The molecule has 0 saturated carbocycles. The fraction of sp³-hybridized carbons (Fsp3) is 0.455. The molecule has 0 unspecified atom stereocenters. The largest absolute Gasteiger partial charge is 0.0843 e. The number of hydrogen-bond acceptors (Lipinski definition) is 0. The van der Waals surface area contributed by atoms with Gasteiger partial charge in [-0.05, 0) is 35.6 Å². The first-order valence-electron chi connectivity index (χ1n) is 4.46. The molecule has 0 spiro atoms. The third-order valence-corrected chi connectivity index (χ3v) is 2.85. The number of halogens is 2. The van der Waals surface area contributed by atoms with Crippen molar-refractivity contribution in [3.05, 3.63) is 33.8 Å². The SMILES string of the molecule is CC(C)[C@H](C)c1cc(Cl)cc(Cl)c1. The molecule has 0 amide bonds. The van der Waals surface area contributed by atoms with Crippen molar-refractivity contribution in [1.82, 2.24) is 0 Å². The van der Waals surface area contributed by atoms with Gasteiger partial charge in [-0.25, -0.2) is 0 Å². The molecule has 1 aromatic carbocycles. The maximum Gasteiger partial charge on any atom is 0.0423 e. The molecule has 0 aromatic heterocycles. The number of rotatable bonds is 2. The van der Waals surface area contributed by atoms with E-state index in [0.29, 0.717) is 11.8 Å².